The fourth-order valence-electron chi connectivity index (χ4n) is 1.23. The number of hydrogen-bond donors (Lipinski definition) is 1. The molecule has 3 nitrogen and oxygen atoms in total. The van der Waals surface area contributed by atoms with Crippen molar-refractivity contribution < 1.29 is 14.6 Å². The van der Waals surface area contributed by atoms with Crippen molar-refractivity contribution in [3.05, 3.63) is 0 Å². The third-order valence-corrected chi connectivity index (χ3v) is 2.25. The van der Waals surface area contributed by atoms with Crippen LogP contribution in [0.2, 0.25) is 0 Å². The first-order valence-electron chi connectivity index (χ1n) is 4.69. The van der Waals surface area contributed by atoms with Crippen molar-refractivity contribution in [2.45, 2.75) is 39.5 Å². The zero-order valence-corrected chi connectivity index (χ0v) is 8.80. The van der Waals surface area contributed by atoms with Gasteiger partial charge < -0.3 is 9.84 Å². The minimum absolute atomic E-state index is 0.122. The predicted octanol–water partition coefficient (Wildman–Crippen LogP) is 1.74. The van der Waals surface area contributed by atoms with Crippen molar-refractivity contribution in [3.63, 3.8) is 0 Å². The molecular weight excluding hydrogens is 168 g/mol. The molecular formula is C10H20O3. The van der Waals surface area contributed by atoms with Crippen LogP contribution < -0.4 is 0 Å². The second kappa shape index (κ2) is 5.97. The van der Waals surface area contributed by atoms with E-state index in [0.717, 1.165) is 19.3 Å². The number of carbonyl (C=O) groups excluding carboxylic acids is 1. The molecule has 0 bridgehead atoms. The second-order valence-corrected chi connectivity index (χ2v) is 4.07. The fourth-order valence-corrected chi connectivity index (χ4v) is 1.23. The zero-order valence-electron chi connectivity index (χ0n) is 8.80. The highest BCUT2D eigenvalue weighted by atomic mass is 16.5. The Balaban J connectivity index is 3.67. The minimum atomic E-state index is -0.155. The van der Waals surface area contributed by atoms with Crippen LogP contribution in [0.25, 0.3) is 0 Å². The van der Waals surface area contributed by atoms with Crippen molar-refractivity contribution in [2.24, 2.45) is 5.41 Å². The number of carbonyl (C=O) groups is 1. The Morgan fingerprint density at radius 3 is 2.46 bits per heavy atom. The van der Waals surface area contributed by atoms with E-state index in [1.54, 1.807) is 0 Å². The van der Waals surface area contributed by atoms with Gasteiger partial charge in [-0.25, -0.2) is 0 Å². The highest BCUT2D eigenvalue weighted by Gasteiger charge is 2.18. The number of ether oxygens (including phenoxy) is 1. The van der Waals surface area contributed by atoms with E-state index in [0.29, 0.717) is 6.42 Å². The van der Waals surface area contributed by atoms with Gasteiger partial charge in [0, 0.05) is 13.0 Å². The molecule has 0 aromatic heterocycles. The Hall–Kier alpha value is -0.570. The molecule has 0 rings (SSSR count). The summed E-state index contributed by atoms with van der Waals surface area (Å²) in [4.78, 5) is 10.9. The van der Waals surface area contributed by atoms with Gasteiger partial charge in [-0.05, 0) is 24.7 Å². The van der Waals surface area contributed by atoms with Crippen LogP contribution in [0.1, 0.15) is 39.5 Å². The summed E-state index contributed by atoms with van der Waals surface area (Å²) in [5.41, 5.74) is 0.122. The average Bonchev–Trinajstić information content (AvgIpc) is 2.11. The van der Waals surface area contributed by atoms with Gasteiger partial charge in [0.2, 0.25) is 0 Å². The van der Waals surface area contributed by atoms with Gasteiger partial charge in [0.25, 0.3) is 0 Å². The number of methoxy groups -OCH3 is 1. The summed E-state index contributed by atoms with van der Waals surface area (Å²) in [5, 5.41) is 8.66. The SMILES string of the molecule is COC(=O)CCC(C)(C)CCCO. The molecule has 0 saturated carbocycles. The lowest BCUT2D eigenvalue weighted by Gasteiger charge is -2.23. The molecule has 0 aliphatic carbocycles. The van der Waals surface area contributed by atoms with Crippen molar-refractivity contribution in [1.82, 2.24) is 0 Å². The lowest BCUT2D eigenvalue weighted by Crippen LogP contribution is -2.14. The Labute approximate surface area is 80.1 Å². The van der Waals surface area contributed by atoms with E-state index in [4.69, 9.17) is 5.11 Å². The Kier molecular flexibility index (Phi) is 5.71. The molecule has 1 N–H and O–H groups in total. The third-order valence-electron chi connectivity index (χ3n) is 2.25. The van der Waals surface area contributed by atoms with Gasteiger partial charge in [-0.1, -0.05) is 13.8 Å². The first-order valence-corrected chi connectivity index (χ1v) is 4.69. The molecule has 0 amide bonds. The van der Waals surface area contributed by atoms with E-state index in [9.17, 15) is 4.79 Å². The van der Waals surface area contributed by atoms with Crippen LogP contribution in [0, 0.1) is 5.41 Å². The van der Waals surface area contributed by atoms with Crippen LogP contribution in [0.15, 0.2) is 0 Å². The third kappa shape index (κ3) is 6.58. The molecule has 0 heterocycles. The van der Waals surface area contributed by atoms with E-state index < -0.39 is 0 Å². The largest absolute Gasteiger partial charge is 0.469 e. The normalized spacial score (nSPS) is 11.4. The van der Waals surface area contributed by atoms with E-state index in [1.165, 1.54) is 7.11 Å². The molecule has 78 valence electrons. The van der Waals surface area contributed by atoms with Crippen LogP contribution in [-0.4, -0.2) is 24.8 Å². The van der Waals surface area contributed by atoms with Gasteiger partial charge in [-0.3, -0.25) is 4.79 Å². The van der Waals surface area contributed by atoms with E-state index in [2.05, 4.69) is 18.6 Å². The van der Waals surface area contributed by atoms with Crippen molar-refractivity contribution in [2.75, 3.05) is 13.7 Å². The molecule has 0 aromatic carbocycles. The summed E-state index contributed by atoms with van der Waals surface area (Å²) in [6, 6.07) is 0. The van der Waals surface area contributed by atoms with Crippen LogP contribution in [0.3, 0.4) is 0 Å². The smallest absolute Gasteiger partial charge is 0.305 e. The summed E-state index contributed by atoms with van der Waals surface area (Å²) >= 11 is 0. The molecule has 0 aromatic rings. The first kappa shape index (κ1) is 12.4. The molecule has 0 radical (unpaired) electrons. The number of aliphatic hydroxyl groups is 1. The Morgan fingerprint density at radius 1 is 1.38 bits per heavy atom. The van der Waals surface area contributed by atoms with E-state index in [-0.39, 0.29) is 18.0 Å². The highest BCUT2D eigenvalue weighted by molar-refractivity contribution is 5.69. The fraction of sp³-hybridized carbons (Fsp3) is 0.900. The van der Waals surface area contributed by atoms with Crippen LogP contribution in [-0.2, 0) is 9.53 Å². The Bertz CT molecular complexity index is 152. The summed E-state index contributed by atoms with van der Waals surface area (Å²) in [5.74, 6) is -0.155. The summed E-state index contributed by atoms with van der Waals surface area (Å²) in [7, 11) is 1.41. The lowest BCUT2D eigenvalue weighted by molar-refractivity contribution is -0.141. The van der Waals surface area contributed by atoms with Gasteiger partial charge in [0.15, 0.2) is 0 Å². The summed E-state index contributed by atoms with van der Waals surface area (Å²) in [6.45, 7) is 4.43. The molecule has 13 heavy (non-hydrogen) atoms. The van der Waals surface area contributed by atoms with Crippen molar-refractivity contribution in [3.8, 4) is 0 Å². The molecule has 0 saturated heterocycles. The van der Waals surface area contributed by atoms with Gasteiger partial charge >= 0.3 is 5.97 Å². The molecule has 3 heteroatoms. The monoisotopic (exact) mass is 188 g/mol. The predicted molar refractivity (Wildman–Crippen MR) is 51.4 cm³/mol. The van der Waals surface area contributed by atoms with Gasteiger partial charge in [0.05, 0.1) is 7.11 Å². The zero-order chi connectivity index (χ0) is 10.3. The molecule has 0 atom stereocenters. The van der Waals surface area contributed by atoms with Crippen molar-refractivity contribution in [1.29, 1.82) is 0 Å². The van der Waals surface area contributed by atoms with E-state index >= 15 is 0 Å². The number of hydrogen-bond acceptors (Lipinski definition) is 3. The van der Waals surface area contributed by atoms with Crippen LogP contribution >= 0.6 is 0 Å². The maximum atomic E-state index is 10.9. The summed E-state index contributed by atoms with van der Waals surface area (Å²) in [6.07, 6.45) is 3.03. The molecule has 0 spiro atoms. The molecule has 0 aliphatic rings. The highest BCUT2D eigenvalue weighted by Crippen LogP contribution is 2.28. The van der Waals surface area contributed by atoms with Gasteiger partial charge in [-0.15, -0.1) is 0 Å². The van der Waals surface area contributed by atoms with Crippen LogP contribution in [0.4, 0.5) is 0 Å². The second-order valence-electron chi connectivity index (χ2n) is 4.07. The number of rotatable bonds is 6. The Morgan fingerprint density at radius 2 is 2.00 bits per heavy atom. The maximum Gasteiger partial charge on any atom is 0.305 e. The van der Waals surface area contributed by atoms with Crippen molar-refractivity contribution >= 4 is 5.97 Å². The summed E-state index contributed by atoms with van der Waals surface area (Å²) < 4.78 is 4.56. The molecule has 0 unspecified atom stereocenters. The molecule has 0 fully saturated rings. The lowest BCUT2D eigenvalue weighted by atomic mass is 9.83. The topological polar surface area (TPSA) is 46.5 Å². The standard InChI is InChI=1S/C10H20O3/c1-10(2,6-4-8-11)7-5-9(12)13-3/h11H,4-8H2,1-3H3. The average molecular weight is 188 g/mol. The maximum absolute atomic E-state index is 10.9. The molecule has 0 aliphatic heterocycles. The van der Waals surface area contributed by atoms with Gasteiger partial charge in [-0.2, -0.15) is 0 Å². The number of esters is 1. The minimum Gasteiger partial charge on any atom is -0.469 e. The van der Waals surface area contributed by atoms with Gasteiger partial charge in [0.1, 0.15) is 0 Å². The van der Waals surface area contributed by atoms with Crippen LogP contribution in [0.5, 0.6) is 0 Å². The quantitative estimate of drug-likeness (QED) is 0.646. The van der Waals surface area contributed by atoms with E-state index in [1.807, 2.05) is 0 Å². The number of aliphatic hydroxyl groups excluding tert-OH is 1. The first-order chi connectivity index (χ1) is 6.02.